The fourth-order valence-electron chi connectivity index (χ4n) is 4.69. The van der Waals surface area contributed by atoms with Gasteiger partial charge in [-0.1, -0.05) is 35.4 Å². The standard InChI is InChI=1S/C27H29ClN4O4/c1-16-11-19-7-10-21(12-23(19)17(16)2)29-24-30-25(33)32(14-22-15-35-27(3,4)36-22)26(34)31(24)13-18-5-8-20(28)9-6-18/h5-10,12,22H,11,13-15H2,1-4H3,(H,29,30,33)/t22-/m0/s1. The summed E-state index contributed by atoms with van der Waals surface area (Å²) in [5.41, 5.74) is 5.50. The van der Waals surface area contributed by atoms with Gasteiger partial charge in [-0.2, -0.15) is 4.98 Å². The van der Waals surface area contributed by atoms with Crippen molar-refractivity contribution in [3.63, 3.8) is 0 Å². The number of nitrogens with zero attached hydrogens (tertiary/aromatic N) is 3. The lowest BCUT2D eigenvalue weighted by Crippen LogP contribution is -2.45. The number of anilines is 2. The highest BCUT2D eigenvalue weighted by atomic mass is 35.5. The Labute approximate surface area is 214 Å². The maximum Gasteiger partial charge on any atom is 0.355 e. The van der Waals surface area contributed by atoms with E-state index in [0.29, 0.717) is 5.02 Å². The summed E-state index contributed by atoms with van der Waals surface area (Å²) in [4.78, 5) is 30.9. The molecule has 9 heteroatoms. The Bertz CT molecular complexity index is 1470. The molecule has 1 saturated heterocycles. The van der Waals surface area contributed by atoms with Gasteiger partial charge in [-0.05, 0) is 80.6 Å². The van der Waals surface area contributed by atoms with Gasteiger partial charge in [0.25, 0.3) is 0 Å². The number of benzene rings is 2. The monoisotopic (exact) mass is 508 g/mol. The second kappa shape index (κ2) is 9.35. The highest BCUT2D eigenvalue weighted by Gasteiger charge is 2.33. The molecule has 1 atom stereocenters. The van der Waals surface area contributed by atoms with E-state index < -0.39 is 23.3 Å². The van der Waals surface area contributed by atoms with E-state index in [1.54, 1.807) is 26.0 Å². The Hall–Kier alpha value is -3.20. The van der Waals surface area contributed by atoms with E-state index >= 15 is 0 Å². The number of hydrogen-bond acceptors (Lipinski definition) is 6. The van der Waals surface area contributed by atoms with Crippen LogP contribution in [0.25, 0.3) is 5.57 Å². The van der Waals surface area contributed by atoms with Crippen LogP contribution in [0, 0.1) is 0 Å². The predicted molar refractivity (Wildman–Crippen MR) is 140 cm³/mol. The lowest BCUT2D eigenvalue weighted by molar-refractivity contribution is -0.139. The van der Waals surface area contributed by atoms with Crippen molar-refractivity contribution >= 4 is 28.8 Å². The molecule has 0 saturated carbocycles. The minimum Gasteiger partial charge on any atom is -0.348 e. The van der Waals surface area contributed by atoms with E-state index in [2.05, 4.69) is 30.2 Å². The van der Waals surface area contributed by atoms with Crippen molar-refractivity contribution in [1.29, 1.82) is 0 Å². The van der Waals surface area contributed by atoms with Crippen molar-refractivity contribution in [2.45, 2.75) is 59.1 Å². The minimum absolute atomic E-state index is 0.0527. The molecule has 188 valence electrons. The summed E-state index contributed by atoms with van der Waals surface area (Å²) in [6.07, 6.45) is 0.505. The van der Waals surface area contributed by atoms with Crippen LogP contribution in [0.15, 0.2) is 57.6 Å². The molecule has 0 bridgehead atoms. The summed E-state index contributed by atoms with van der Waals surface area (Å²) in [5.74, 6) is -0.583. The van der Waals surface area contributed by atoms with Crippen LogP contribution in [0.2, 0.25) is 5.02 Å². The molecule has 2 heterocycles. The van der Waals surface area contributed by atoms with Crippen molar-refractivity contribution in [1.82, 2.24) is 14.1 Å². The van der Waals surface area contributed by atoms with Gasteiger partial charge in [-0.3, -0.25) is 4.57 Å². The topological polar surface area (TPSA) is 87.4 Å². The summed E-state index contributed by atoms with van der Waals surface area (Å²) < 4.78 is 14.0. The third kappa shape index (κ3) is 4.89. The SMILES string of the molecule is CC1=C(C)c2cc(Nc3nc(=O)n(C[C@H]4COC(C)(C)O4)c(=O)n3Cc3ccc(Cl)cc3)ccc2C1. The van der Waals surface area contributed by atoms with Gasteiger partial charge in [0.1, 0.15) is 6.10 Å². The van der Waals surface area contributed by atoms with Gasteiger partial charge in [0.05, 0.1) is 19.7 Å². The molecule has 5 rings (SSSR count). The molecule has 0 amide bonds. The summed E-state index contributed by atoms with van der Waals surface area (Å²) in [6, 6.07) is 13.3. The Morgan fingerprint density at radius 1 is 1.11 bits per heavy atom. The molecule has 8 nitrogen and oxygen atoms in total. The van der Waals surface area contributed by atoms with Crippen molar-refractivity contribution in [3.05, 3.63) is 90.7 Å². The second-order valence-electron chi connectivity index (χ2n) is 9.85. The summed E-state index contributed by atoms with van der Waals surface area (Å²) in [6.45, 7) is 8.39. The minimum atomic E-state index is -0.760. The van der Waals surface area contributed by atoms with Crippen LogP contribution in [-0.2, 0) is 29.0 Å². The Morgan fingerprint density at radius 3 is 2.56 bits per heavy atom. The predicted octanol–water partition coefficient (Wildman–Crippen LogP) is 4.35. The number of hydrogen-bond donors (Lipinski definition) is 1. The highest BCUT2D eigenvalue weighted by molar-refractivity contribution is 6.30. The van der Waals surface area contributed by atoms with Crippen LogP contribution in [0.4, 0.5) is 11.6 Å². The van der Waals surface area contributed by atoms with Gasteiger partial charge < -0.3 is 14.8 Å². The average molecular weight is 509 g/mol. The van der Waals surface area contributed by atoms with Crippen LogP contribution >= 0.6 is 11.6 Å². The van der Waals surface area contributed by atoms with Gasteiger partial charge in [0.15, 0.2) is 5.79 Å². The molecule has 1 N–H and O–H groups in total. The molecule has 36 heavy (non-hydrogen) atoms. The second-order valence-corrected chi connectivity index (χ2v) is 10.3. The first-order valence-corrected chi connectivity index (χ1v) is 12.3. The zero-order valence-electron chi connectivity index (χ0n) is 20.8. The van der Waals surface area contributed by atoms with Crippen molar-refractivity contribution in [2.75, 3.05) is 11.9 Å². The van der Waals surface area contributed by atoms with Gasteiger partial charge in [-0.15, -0.1) is 0 Å². The lowest BCUT2D eigenvalue weighted by Gasteiger charge is -2.19. The molecule has 0 radical (unpaired) electrons. The molecule has 3 aromatic rings. The molecule has 0 spiro atoms. The maximum atomic E-state index is 13.6. The van der Waals surface area contributed by atoms with E-state index in [9.17, 15) is 9.59 Å². The fraction of sp³-hybridized carbons (Fsp3) is 0.370. The number of nitrogens with one attached hydrogen (secondary N) is 1. The van der Waals surface area contributed by atoms with Crippen LogP contribution in [-0.4, -0.2) is 32.6 Å². The van der Waals surface area contributed by atoms with Crippen LogP contribution in [0.1, 0.15) is 44.4 Å². The summed E-state index contributed by atoms with van der Waals surface area (Å²) in [7, 11) is 0. The Kier molecular flexibility index (Phi) is 6.36. The van der Waals surface area contributed by atoms with Crippen molar-refractivity contribution in [3.8, 4) is 0 Å². The van der Waals surface area contributed by atoms with Crippen LogP contribution in [0.3, 0.4) is 0 Å². The zero-order valence-corrected chi connectivity index (χ0v) is 21.6. The first-order chi connectivity index (χ1) is 17.1. The molecular formula is C27H29ClN4O4. The van der Waals surface area contributed by atoms with E-state index in [4.69, 9.17) is 21.1 Å². The van der Waals surface area contributed by atoms with Crippen molar-refractivity contribution < 1.29 is 9.47 Å². The Morgan fingerprint density at radius 2 is 1.86 bits per heavy atom. The van der Waals surface area contributed by atoms with Gasteiger partial charge >= 0.3 is 11.4 Å². The highest BCUT2D eigenvalue weighted by Crippen LogP contribution is 2.34. The third-order valence-corrected chi connectivity index (χ3v) is 6.98. The average Bonchev–Trinajstić information content (AvgIpc) is 3.32. The number of fused-ring (bicyclic) bond motifs is 1. The van der Waals surface area contributed by atoms with Gasteiger partial charge in [0, 0.05) is 10.7 Å². The zero-order chi connectivity index (χ0) is 25.6. The molecule has 1 aliphatic heterocycles. The molecule has 1 aromatic heterocycles. The van der Waals surface area contributed by atoms with E-state index in [1.807, 2.05) is 24.3 Å². The van der Waals surface area contributed by atoms with Crippen LogP contribution < -0.4 is 16.7 Å². The number of allylic oxidation sites excluding steroid dienone is 2. The van der Waals surface area contributed by atoms with E-state index in [1.165, 1.54) is 26.8 Å². The quantitative estimate of drug-likeness (QED) is 0.532. The molecular weight excluding hydrogens is 480 g/mol. The number of halogens is 1. The fourth-order valence-corrected chi connectivity index (χ4v) is 4.81. The van der Waals surface area contributed by atoms with Gasteiger partial charge in [0.2, 0.25) is 5.95 Å². The maximum absolute atomic E-state index is 13.6. The smallest absolute Gasteiger partial charge is 0.348 e. The molecule has 2 aliphatic rings. The molecule has 0 unspecified atom stereocenters. The normalized spacial score (nSPS) is 18.5. The summed E-state index contributed by atoms with van der Waals surface area (Å²) >= 11 is 6.05. The summed E-state index contributed by atoms with van der Waals surface area (Å²) in [5, 5.41) is 3.82. The van der Waals surface area contributed by atoms with Crippen molar-refractivity contribution in [2.24, 2.45) is 0 Å². The number of rotatable bonds is 6. The first kappa shape index (κ1) is 24.5. The van der Waals surface area contributed by atoms with E-state index in [0.717, 1.165) is 22.2 Å². The molecule has 2 aromatic carbocycles. The number of aromatic nitrogens is 3. The molecule has 1 fully saturated rings. The third-order valence-electron chi connectivity index (χ3n) is 6.72. The van der Waals surface area contributed by atoms with E-state index in [-0.39, 0.29) is 25.6 Å². The first-order valence-electron chi connectivity index (χ1n) is 11.9. The van der Waals surface area contributed by atoms with Crippen LogP contribution in [0.5, 0.6) is 0 Å². The Balaban J connectivity index is 1.53. The number of ether oxygens (including phenoxy) is 2. The largest absolute Gasteiger partial charge is 0.355 e. The lowest BCUT2D eigenvalue weighted by atomic mass is 10.1. The van der Waals surface area contributed by atoms with Gasteiger partial charge in [-0.25, -0.2) is 14.2 Å². The molecule has 1 aliphatic carbocycles.